The number of aryl methyl sites for hydroxylation is 1. The SMILES string of the molecule is Cc1nn(-c2ccc(Cl)cc2)c(C)c1CC(=O)NCc1ccc(F)cc1Cl. The van der Waals surface area contributed by atoms with E-state index >= 15 is 0 Å². The van der Waals surface area contributed by atoms with E-state index < -0.39 is 5.82 Å². The number of carbonyl (C=O) groups is 1. The maximum atomic E-state index is 13.1. The van der Waals surface area contributed by atoms with Crippen molar-refractivity contribution in [2.45, 2.75) is 26.8 Å². The maximum Gasteiger partial charge on any atom is 0.224 e. The minimum absolute atomic E-state index is 0.155. The van der Waals surface area contributed by atoms with Gasteiger partial charge >= 0.3 is 0 Å². The van der Waals surface area contributed by atoms with Gasteiger partial charge in [-0.05, 0) is 55.8 Å². The molecule has 0 spiro atoms. The fourth-order valence-corrected chi connectivity index (χ4v) is 3.21. The van der Waals surface area contributed by atoms with Gasteiger partial charge in [-0.15, -0.1) is 0 Å². The first-order valence-corrected chi connectivity index (χ1v) is 9.12. The zero-order chi connectivity index (χ0) is 19.6. The number of nitrogens with zero attached hydrogens (tertiary/aromatic N) is 2. The van der Waals surface area contributed by atoms with Crippen molar-refractivity contribution in [3.63, 3.8) is 0 Å². The average Bonchev–Trinajstić information content (AvgIpc) is 2.90. The molecule has 0 aliphatic rings. The highest BCUT2D eigenvalue weighted by molar-refractivity contribution is 6.31. The van der Waals surface area contributed by atoms with Crippen molar-refractivity contribution < 1.29 is 9.18 Å². The highest BCUT2D eigenvalue weighted by Crippen LogP contribution is 2.20. The number of hydrogen-bond acceptors (Lipinski definition) is 2. The summed E-state index contributed by atoms with van der Waals surface area (Å²) in [4.78, 5) is 12.4. The van der Waals surface area contributed by atoms with E-state index in [2.05, 4.69) is 10.4 Å². The van der Waals surface area contributed by atoms with E-state index in [4.69, 9.17) is 23.2 Å². The highest BCUT2D eigenvalue weighted by Gasteiger charge is 2.16. The van der Waals surface area contributed by atoms with Crippen LogP contribution in [0.2, 0.25) is 10.0 Å². The van der Waals surface area contributed by atoms with Gasteiger partial charge < -0.3 is 5.32 Å². The van der Waals surface area contributed by atoms with E-state index in [9.17, 15) is 9.18 Å². The lowest BCUT2D eigenvalue weighted by atomic mass is 10.1. The molecule has 4 nitrogen and oxygen atoms in total. The van der Waals surface area contributed by atoms with Gasteiger partial charge in [0.15, 0.2) is 0 Å². The second-order valence-corrected chi connectivity index (χ2v) is 7.07. The Morgan fingerprint density at radius 3 is 2.52 bits per heavy atom. The standard InChI is InChI=1S/C20H18Cl2FN3O/c1-12-18(13(2)26(25-12)17-7-4-15(21)5-8-17)10-20(27)24-11-14-3-6-16(23)9-19(14)22/h3-9H,10-11H2,1-2H3,(H,24,27). The molecule has 2 aromatic carbocycles. The molecule has 3 aromatic rings. The van der Waals surface area contributed by atoms with Gasteiger partial charge in [0.25, 0.3) is 0 Å². The smallest absolute Gasteiger partial charge is 0.224 e. The lowest BCUT2D eigenvalue weighted by Crippen LogP contribution is -2.25. The van der Waals surface area contributed by atoms with Gasteiger partial charge in [0.1, 0.15) is 5.82 Å². The summed E-state index contributed by atoms with van der Waals surface area (Å²) < 4.78 is 14.9. The van der Waals surface area contributed by atoms with Crippen LogP contribution in [-0.2, 0) is 17.8 Å². The number of amides is 1. The van der Waals surface area contributed by atoms with Crippen molar-refractivity contribution in [3.8, 4) is 5.69 Å². The van der Waals surface area contributed by atoms with Crippen molar-refractivity contribution >= 4 is 29.1 Å². The second-order valence-electron chi connectivity index (χ2n) is 6.23. The molecule has 0 saturated heterocycles. The molecule has 27 heavy (non-hydrogen) atoms. The first-order valence-electron chi connectivity index (χ1n) is 8.37. The number of hydrogen-bond donors (Lipinski definition) is 1. The first kappa shape index (κ1) is 19.4. The lowest BCUT2D eigenvalue weighted by Gasteiger charge is -2.08. The van der Waals surface area contributed by atoms with Crippen LogP contribution in [0.3, 0.4) is 0 Å². The summed E-state index contributed by atoms with van der Waals surface area (Å²) in [5, 5.41) is 8.30. The number of halogens is 3. The summed E-state index contributed by atoms with van der Waals surface area (Å²) in [5.41, 5.74) is 4.09. The third-order valence-corrected chi connectivity index (χ3v) is 4.94. The molecule has 3 rings (SSSR count). The fraction of sp³-hybridized carbons (Fsp3) is 0.200. The molecule has 0 fully saturated rings. The molecular weight excluding hydrogens is 388 g/mol. The Balaban J connectivity index is 1.71. The Morgan fingerprint density at radius 2 is 1.85 bits per heavy atom. The third-order valence-electron chi connectivity index (χ3n) is 4.34. The molecule has 1 aromatic heterocycles. The van der Waals surface area contributed by atoms with Gasteiger partial charge in [0.2, 0.25) is 5.91 Å². The quantitative estimate of drug-likeness (QED) is 0.662. The lowest BCUT2D eigenvalue weighted by molar-refractivity contribution is -0.120. The van der Waals surface area contributed by atoms with Crippen LogP contribution in [0.15, 0.2) is 42.5 Å². The Bertz CT molecular complexity index is 984. The molecule has 0 atom stereocenters. The van der Waals surface area contributed by atoms with E-state index in [1.807, 2.05) is 26.0 Å². The van der Waals surface area contributed by atoms with Crippen molar-refractivity contribution in [1.82, 2.24) is 15.1 Å². The summed E-state index contributed by atoms with van der Waals surface area (Å²) in [5.74, 6) is -0.562. The number of benzene rings is 2. The molecule has 0 saturated carbocycles. The number of rotatable bonds is 5. The third kappa shape index (κ3) is 4.49. The average molecular weight is 406 g/mol. The molecule has 0 bridgehead atoms. The fourth-order valence-electron chi connectivity index (χ4n) is 2.85. The van der Waals surface area contributed by atoms with Crippen LogP contribution in [0.4, 0.5) is 4.39 Å². The number of carbonyl (C=O) groups excluding carboxylic acids is 1. The monoisotopic (exact) mass is 405 g/mol. The van der Waals surface area contributed by atoms with Gasteiger partial charge in [-0.1, -0.05) is 29.3 Å². The predicted octanol–water partition coefficient (Wildman–Crippen LogP) is 4.79. The summed E-state index contributed by atoms with van der Waals surface area (Å²) in [6, 6.07) is 11.5. The summed E-state index contributed by atoms with van der Waals surface area (Å²) in [7, 11) is 0. The highest BCUT2D eigenvalue weighted by atomic mass is 35.5. The molecule has 1 heterocycles. The topological polar surface area (TPSA) is 46.9 Å². The molecule has 0 radical (unpaired) electrons. The predicted molar refractivity (Wildman–Crippen MR) is 105 cm³/mol. The Labute approximate surface area is 166 Å². The van der Waals surface area contributed by atoms with Crippen LogP contribution in [0.25, 0.3) is 5.69 Å². The summed E-state index contributed by atoms with van der Waals surface area (Å²) >= 11 is 11.9. The zero-order valence-electron chi connectivity index (χ0n) is 14.9. The summed E-state index contributed by atoms with van der Waals surface area (Å²) in [6.45, 7) is 4.04. The minimum atomic E-state index is -0.407. The zero-order valence-corrected chi connectivity index (χ0v) is 16.4. The maximum absolute atomic E-state index is 13.1. The van der Waals surface area contributed by atoms with Gasteiger partial charge in [0.05, 0.1) is 17.8 Å². The Kier molecular flexibility index (Phi) is 5.82. The van der Waals surface area contributed by atoms with Crippen LogP contribution in [0, 0.1) is 19.7 Å². The minimum Gasteiger partial charge on any atom is -0.352 e. The van der Waals surface area contributed by atoms with Crippen molar-refractivity contribution in [2.24, 2.45) is 0 Å². The number of aromatic nitrogens is 2. The Hall–Kier alpha value is -2.37. The van der Waals surface area contributed by atoms with Crippen molar-refractivity contribution in [2.75, 3.05) is 0 Å². The summed E-state index contributed by atoms with van der Waals surface area (Å²) in [6.07, 6.45) is 0.198. The van der Waals surface area contributed by atoms with E-state index in [0.29, 0.717) is 15.6 Å². The van der Waals surface area contributed by atoms with Crippen LogP contribution in [0.5, 0.6) is 0 Å². The number of nitrogens with one attached hydrogen (secondary N) is 1. The van der Waals surface area contributed by atoms with E-state index in [-0.39, 0.29) is 18.9 Å². The van der Waals surface area contributed by atoms with Crippen LogP contribution in [0.1, 0.15) is 22.5 Å². The van der Waals surface area contributed by atoms with E-state index in [1.165, 1.54) is 12.1 Å². The largest absolute Gasteiger partial charge is 0.352 e. The van der Waals surface area contributed by atoms with Gasteiger partial charge in [0, 0.05) is 27.8 Å². The van der Waals surface area contributed by atoms with E-state index in [0.717, 1.165) is 22.6 Å². The molecule has 0 aliphatic carbocycles. The second kappa shape index (κ2) is 8.11. The van der Waals surface area contributed by atoms with Crippen LogP contribution >= 0.6 is 23.2 Å². The van der Waals surface area contributed by atoms with E-state index in [1.54, 1.807) is 22.9 Å². The normalized spacial score (nSPS) is 10.9. The van der Waals surface area contributed by atoms with Crippen molar-refractivity contribution in [3.05, 3.63) is 80.8 Å². The van der Waals surface area contributed by atoms with Crippen LogP contribution < -0.4 is 5.32 Å². The molecule has 0 aliphatic heterocycles. The van der Waals surface area contributed by atoms with Gasteiger partial charge in [-0.25, -0.2) is 9.07 Å². The molecule has 0 unspecified atom stereocenters. The Morgan fingerprint density at radius 1 is 1.15 bits per heavy atom. The molecule has 7 heteroatoms. The van der Waals surface area contributed by atoms with Crippen molar-refractivity contribution in [1.29, 1.82) is 0 Å². The first-order chi connectivity index (χ1) is 12.8. The van der Waals surface area contributed by atoms with Crippen LogP contribution in [-0.4, -0.2) is 15.7 Å². The molecule has 1 amide bonds. The molecule has 140 valence electrons. The molecular formula is C20H18Cl2FN3O. The van der Waals surface area contributed by atoms with Gasteiger partial charge in [-0.3, -0.25) is 4.79 Å². The molecule has 1 N–H and O–H groups in total. The van der Waals surface area contributed by atoms with Gasteiger partial charge in [-0.2, -0.15) is 5.10 Å².